The van der Waals surface area contributed by atoms with Gasteiger partial charge in [0.15, 0.2) is 0 Å². The molecule has 1 heterocycles. The van der Waals surface area contributed by atoms with Crippen molar-refractivity contribution in [3.63, 3.8) is 0 Å². The first-order valence-corrected chi connectivity index (χ1v) is 8.18. The molecule has 3 heteroatoms. The summed E-state index contributed by atoms with van der Waals surface area (Å²) in [4.78, 5) is 12.7. The molecule has 1 aromatic rings. The van der Waals surface area contributed by atoms with Crippen LogP contribution in [0.2, 0.25) is 0 Å². The maximum atomic E-state index is 12.7. The van der Waals surface area contributed by atoms with Crippen molar-refractivity contribution in [2.45, 2.75) is 63.1 Å². The molecule has 1 saturated carbocycles. The Morgan fingerprint density at radius 2 is 1.90 bits per heavy atom. The van der Waals surface area contributed by atoms with E-state index in [1.165, 1.54) is 6.42 Å². The predicted octanol–water partition coefficient (Wildman–Crippen LogP) is 3.96. The fourth-order valence-electron chi connectivity index (χ4n) is 3.60. The van der Waals surface area contributed by atoms with Crippen molar-refractivity contribution in [2.75, 3.05) is 6.61 Å². The fourth-order valence-corrected chi connectivity index (χ4v) is 3.60. The number of ether oxygens (including phenoxy) is 2. The monoisotopic (exact) mass is 288 g/mol. The quantitative estimate of drug-likeness (QED) is 0.467. The van der Waals surface area contributed by atoms with Gasteiger partial charge in [-0.2, -0.15) is 0 Å². The van der Waals surface area contributed by atoms with Crippen molar-refractivity contribution in [1.82, 2.24) is 0 Å². The first kappa shape index (κ1) is 14.6. The number of benzene rings is 1. The van der Waals surface area contributed by atoms with Crippen molar-refractivity contribution < 1.29 is 14.3 Å². The number of epoxide rings is 1. The predicted molar refractivity (Wildman–Crippen MR) is 80.9 cm³/mol. The van der Waals surface area contributed by atoms with Gasteiger partial charge in [0.2, 0.25) is 5.60 Å². The standard InChI is InChI=1S/C18H24O3/c1-2-3-14-20-16(19)18(15-10-6-4-7-11-15)17(21-18)12-8-5-9-13-17/h4,6-7,10-11H,2-3,5,8-9,12-14H2,1H3. The van der Waals surface area contributed by atoms with E-state index in [4.69, 9.17) is 9.47 Å². The Bertz CT molecular complexity index is 490. The summed E-state index contributed by atoms with van der Waals surface area (Å²) in [5.74, 6) is -0.191. The van der Waals surface area contributed by atoms with E-state index in [1.54, 1.807) is 0 Å². The molecule has 3 nitrogen and oxygen atoms in total. The van der Waals surface area contributed by atoms with Crippen molar-refractivity contribution in [1.29, 1.82) is 0 Å². The second-order valence-corrected chi connectivity index (χ2v) is 6.19. The average Bonchev–Trinajstić information content (AvgIpc) is 3.18. The lowest BCUT2D eigenvalue weighted by Gasteiger charge is -2.23. The Morgan fingerprint density at radius 3 is 2.57 bits per heavy atom. The second-order valence-electron chi connectivity index (χ2n) is 6.19. The molecule has 3 rings (SSSR count). The van der Waals surface area contributed by atoms with E-state index >= 15 is 0 Å². The number of carbonyl (C=O) groups is 1. The number of carbonyl (C=O) groups excluding carboxylic acids is 1. The van der Waals surface area contributed by atoms with Gasteiger partial charge in [-0.15, -0.1) is 0 Å². The molecule has 1 aliphatic heterocycles. The van der Waals surface area contributed by atoms with E-state index in [-0.39, 0.29) is 11.6 Å². The summed E-state index contributed by atoms with van der Waals surface area (Å²) in [5, 5.41) is 0. The molecule has 1 spiro atoms. The molecule has 0 aromatic heterocycles. The summed E-state index contributed by atoms with van der Waals surface area (Å²) < 4.78 is 11.7. The summed E-state index contributed by atoms with van der Waals surface area (Å²) in [6.07, 6.45) is 7.37. The highest BCUT2D eigenvalue weighted by Gasteiger charge is 2.75. The van der Waals surface area contributed by atoms with Crippen LogP contribution in [0.5, 0.6) is 0 Å². The molecular weight excluding hydrogens is 264 g/mol. The minimum Gasteiger partial charge on any atom is -0.463 e. The molecule has 21 heavy (non-hydrogen) atoms. The SMILES string of the molecule is CCCCOC(=O)C1(c2ccccc2)OC12CCCCC2. The third kappa shape index (κ3) is 2.38. The molecule has 2 aliphatic rings. The largest absolute Gasteiger partial charge is 0.463 e. The Labute approximate surface area is 126 Å². The van der Waals surface area contributed by atoms with E-state index in [9.17, 15) is 4.79 Å². The van der Waals surface area contributed by atoms with Crippen LogP contribution in [0.4, 0.5) is 0 Å². The molecular formula is C18H24O3. The molecule has 1 atom stereocenters. The highest BCUT2D eigenvalue weighted by Crippen LogP contribution is 2.63. The molecule has 1 saturated heterocycles. The van der Waals surface area contributed by atoms with Gasteiger partial charge < -0.3 is 9.47 Å². The van der Waals surface area contributed by atoms with Crippen LogP contribution in [0.25, 0.3) is 0 Å². The molecule has 1 aliphatic carbocycles. The van der Waals surface area contributed by atoms with Crippen LogP contribution in [0.3, 0.4) is 0 Å². The van der Waals surface area contributed by atoms with Crippen LogP contribution in [0.1, 0.15) is 57.4 Å². The van der Waals surface area contributed by atoms with Crippen molar-refractivity contribution >= 4 is 5.97 Å². The molecule has 0 N–H and O–H groups in total. The van der Waals surface area contributed by atoms with Crippen molar-refractivity contribution in [3.8, 4) is 0 Å². The maximum Gasteiger partial charge on any atom is 0.346 e. The van der Waals surface area contributed by atoms with Crippen molar-refractivity contribution in [3.05, 3.63) is 35.9 Å². The number of rotatable bonds is 5. The van der Waals surface area contributed by atoms with Gasteiger partial charge in [0.1, 0.15) is 5.60 Å². The third-order valence-corrected chi connectivity index (χ3v) is 4.81. The van der Waals surface area contributed by atoms with E-state index in [0.717, 1.165) is 44.1 Å². The van der Waals surface area contributed by atoms with E-state index in [1.807, 2.05) is 30.3 Å². The molecule has 1 unspecified atom stereocenters. The summed E-state index contributed by atoms with van der Waals surface area (Å²) >= 11 is 0. The first-order valence-electron chi connectivity index (χ1n) is 8.18. The van der Waals surface area contributed by atoms with Crippen LogP contribution in [0.15, 0.2) is 30.3 Å². The van der Waals surface area contributed by atoms with E-state index in [0.29, 0.717) is 6.61 Å². The minimum absolute atomic E-state index is 0.191. The third-order valence-electron chi connectivity index (χ3n) is 4.81. The molecule has 0 radical (unpaired) electrons. The summed E-state index contributed by atoms with van der Waals surface area (Å²) in [7, 11) is 0. The first-order chi connectivity index (χ1) is 10.3. The molecule has 114 valence electrons. The van der Waals surface area contributed by atoms with E-state index in [2.05, 4.69) is 6.92 Å². The topological polar surface area (TPSA) is 38.8 Å². The Hall–Kier alpha value is -1.35. The lowest BCUT2D eigenvalue weighted by atomic mass is 9.77. The van der Waals surface area contributed by atoms with E-state index < -0.39 is 5.60 Å². The van der Waals surface area contributed by atoms with Gasteiger partial charge in [0, 0.05) is 0 Å². The molecule has 0 amide bonds. The van der Waals surface area contributed by atoms with Crippen LogP contribution < -0.4 is 0 Å². The second kappa shape index (κ2) is 5.80. The average molecular weight is 288 g/mol. The summed E-state index contributed by atoms with van der Waals surface area (Å²) in [6.45, 7) is 2.58. The number of esters is 1. The minimum atomic E-state index is -0.845. The Morgan fingerprint density at radius 1 is 1.19 bits per heavy atom. The van der Waals surface area contributed by atoms with Crippen LogP contribution in [0, 0.1) is 0 Å². The summed E-state index contributed by atoms with van der Waals surface area (Å²) in [5.41, 5.74) is -0.202. The molecule has 1 aromatic carbocycles. The van der Waals surface area contributed by atoms with Gasteiger partial charge in [0.25, 0.3) is 0 Å². The van der Waals surface area contributed by atoms with Gasteiger partial charge in [-0.1, -0.05) is 62.9 Å². The normalized spacial score (nSPS) is 26.5. The molecule has 0 bridgehead atoms. The molecule has 2 fully saturated rings. The zero-order valence-corrected chi connectivity index (χ0v) is 12.8. The Balaban J connectivity index is 1.85. The lowest BCUT2D eigenvalue weighted by molar-refractivity contribution is -0.150. The van der Waals surface area contributed by atoms with Gasteiger partial charge in [-0.3, -0.25) is 0 Å². The van der Waals surface area contributed by atoms with Gasteiger partial charge in [-0.05, 0) is 24.8 Å². The van der Waals surface area contributed by atoms with Crippen LogP contribution in [-0.2, 0) is 19.9 Å². The lowest BCUT2D eigenvalue weighted by Crippen LogP contribution is -2.35. The maximum absolute atomic E-state index is 12.7. The highest BCUT2D eigenvalue weighted by atomic mass is 16.7. The zero-order chi connectivity index (χ0) is 14.8. The fraction of sp³-hybridized carbons (Fsp3) is 0.611. The smallest absolute Gasteiger partial charge is 0.346 e. The number of hydrogen-bond donors (Lipinski definition) is 0. The summed E-state index contributed by atoms with van der Waals surface area (Å²) in [6, 6.07) is 9.88. The van der Waals surface area contributed by atoms with Gasteiger partial charge in [0.05, 0.1) is 6.61 Å². The van der Waals surface area contributed by atoms with Crippen LogP contribution in [-0.4, -0.2) is 18.2 Å². The highest BCUT2D eigenvalue weighted by molar-refractivity contribution is 5.86. The zero-order valence-electron chi connectivity index (χ0n) is 12.8. The van der Waals surface area contributed by atoms with Crippen LogP contribution >= 0.6 is 0 Å². The van der Waals surface area contributed by atoms with Gasteiger partial charge >= 0.3 is 5.97 Å². The Kier molecular flexibility index (Phi) is 4.03. The van der Waals surface area contributed by atoms with Crippen molar-refractivity contribution in [2.24, 2.45) is 0 Å². The van der Waals surface area contributed by atoms with Gasteiger partial charge in [-0.25, -0.2) is 4.79 Å². The number of unbranched alkanes of at least 4 members (excludes halogenated alkanes) is 1. The number of hydrogen-bond acceptors (Lipinski definition) is 3.